The monoisotopic (exact) mass is 207 g/mol. The van der Waals surface area contributed by atoms with Crippen LogP contribution >= 0.6 is 0 Å². The molecule has 32 valence electrons. The Bertz CT molecular complexity index is 60.7. The van der Waals surface area contributed by atoms with E-state index in [0.717, 1.165) is 0 Å². The Morgan fingerprint density at radius 2 is 1.12 bits per heavy atom. The molecule has 0 bridgehead atoms. The Balaban J connectivity index is -0.0000000267. The smallest absolute Gasteiger partial charge is 1.00 e. The van der Waals surface area contributed by atoms with Gasteiger partial charge in [-0.3, -0.25) is 0 Å². The molecule has 0 heterocycles. The van der Waals surface area contributed by atoms with E-state index in [0.29, 0.717) is 0 Å². The maximum atomic E-state index is 8.83. The van der Waals surface area contributed by atoms with Crippen molar-refractivity contribution in [1.82, 2.24) is 0 Å². The first-order chi connectivity index (χ1) is 2.00. The molecule has 0 atom stereocenters. The molecule has 1 N–H and O–H groups in total. The van der Waals surface area contributed by atoms with Crippen LogP contribution in [0.5, 0.6) is 0 Å². The van der Waals surface area contributed by atoms with Gasteiger partial charge in [0.15, 0.2) is 0 Å². The fraction of sp³-hybridized carbons (Fsp3) is 0. The third kappa shape index (κ3) is 59.8. The molecule has 0 amide bonds. The van der Waals surface area contributed by atoms with Crippen molar-refractivity contribution in [1.29, 1.82) is 0 Å². The fourth-order valence-electron chi connectivity index (χ4n) is 0. The summed E-state index contributed by atoms with van der Waals surface area (Å²) in [6.07, 6.45) is 0. The second-order valence-electron chi connectivity index (χ2n) is 0.497. The second kappa shape index (κ2) is 10.2. The molecule has 0 aliphatic heterocycles. The number of hydrogen-bond acceptors (Lipinski definition) is 3. The van der Waals surface area contributed by atoms with Gasteiger partial charge in [0.2, 0.25) is 0 Å². The third-order valence-corrected chi connectivity index (χ3v) is 0. The van der Waals surface area contributed by atoms with Crippen LogP contribution in [0.2, 0.25) is 0 Å². The first-order valence-corrected chi connectivity index (χ1v) is 4.01. The van der Waals surface area contributed by atoms with Crippen LogP contribution in [0.3, 0.4) is 0 Å². The molecule has 8 heavy (non-hydrogen) atoms. The predicted octanol–water partition coefficient (Wildman–Crippen LogP) is -11.4. The molecule has 0 aromatic heterocycles. The van der Waals surface area contributed by atoms with E-state index < -0.39 is 14.4 Å². The molecular formula is HAsNNa3O3. The van der Waals surface area contributed by atoms with E-state index in [2.05, 4.69) is 0 Å². The number of hydrogen-bond donors (Lipinski definition) is 0. The zero-order chi connectivity index (χ0) is 4.50. The minimum absolute atomic E-state index is 0. The van der Waals surface area contributed by atoms with Crippen LogP contribution in [0.4, 0.5) is 0 Å². The van der Waals surface area contributed by atoms with E-state index in [1.165, 1.54) is 0 Å². The Morgan fingerprint density at radius 3 is 1.12 bits per heavy atom. The molecule has 0 fully saturated rings. The molecule has 0 aliphatic rings. The molecule has 8 heteroatoms. The van der Waals surface area contributed by atoms with Gasteiger partial charge in [-0.05, 0) is 0 Å². The Labute approximate surface area is 117 Å². The molecular weight excluding hydrogens is 206 g/mol. The van der Waals surface area contributed by atoms with Crippen molar-refractivity contribution < 1.29 is 101 Å². The van der Waals surface area contributed by atoms with Crippen molar-refractivity contribution in [2.75, 3.05) is 0 Å². The van der Waals surface area contributed by atoms with Crippen molar-refractivity contribution in [2.24, 2.45) is 0 Å². The molecule has 4 nitrogen and oxygen atoms in total. The van der Waals surface area contributed by atoms with Gasteiger partial charge >= 0.3 is 120 Å². The quantitative estimate of drug-likeness (QED) is 0.369. The molecule has 0 unspecified atom stereocenters. The molecule has 0 rings (SSSR count). The molecule has 0 spiro atoms. The van der Waals surface area contributed by atoms with Crippen molar-refractivity contribution in [3.05, 3.63) is 4.65 Å². The summed E-state index contributed by atoms with van der Waals surface area (Å²) in [5, 5.41) is 0. The molecule has 0 aromatic carbocycles. The van der Waals surface area contributed by atoms with Crippen LogP contribution in [0.15, 0.2) is 0 Å². The SMILES string of the molecule is [NH-][As](=O)([O-])[O-].[Na+].[Na+].[Na+]. The normalized spacial score (nSPS) is 7.38. The van der Waals surface area contributed by atoms with E-state index in [4.69, 9.17) is 16.6 Å². The van der Waals surface area contributed by atoms with Gasteiger partial charge in [-0.25, -0.2) is 0 Å². The summed E-state index contributed by atoms with van der Waals surface area (Å²) in [5.41, 5.74) is 0. The Hall–Kier alpha value is 3.24. The third-order valence-electron chi connectivity index (χ3n) is 0. The van der Waals surface area contributed by atoms with Crippen molar-refractivity contribution in [2.45, 2.75) is 0 Å². The summed E-state index contributed by atoms with van der Waals surface area (Å²) < 4.78 is 31.9. The number of rotatable bonds is 0. The maximum absolute atomic E-state index is 8.83. The van der Waals surface area contributed by atoms with Gasteiger partial charge in [-0.1, -0.05) is 0 Å². The Kier molecular flexibility index (Phi) is 28.8. The van der Waals surface area contributed by atoms with Gasteiger partial charge in [0, 0.05) is 0 Å². The maximum Gasteiger partial charge on any atom is 1.00 e. The van der Waals surface area contributed by atoms with Gasteiger partial charge < -0.3 is 0 Å². The van der Waals surface area contributed by atoms with Crippen molar-refractivity contribution in [3.63, 3.8) is 0 Å². The van der Waals surface area contributed by atoms with Crippen LogP contribution in [0.1, 0.15) is 0 Å². The van der Waals surface area contributed by atoms with Gasteiger partial charge in [0.25, 0.3) is 0 Å². The fourth-order valence-corrected chi connectivity index (χ4v) is 0. The van der Waals surface area contributed by atoms with E-state index in [1.54, 1.807) is 0 Å². The predicted molar refractivity (Wildman–Crippen MR) is 10.8 cm³/mol. The number of nitrogens with one attached hydrogen (secondary N) is 1. The molecule has 0 aromatic rings. The average Bonchev–Trinajstić information content (AvgIpc) is 0.722. The standard InChI is InChI=1S/AsH3NO3.3Na/c2-1(3,4)5;;;/h(H3-,2,3,4,5);;;/q-1;3*+1/p-2. The topological polar surface area (TPSA) is 87.0 Å². The van der Waals surface area contributed by atoms with Crippen LogP contribution in [0.25, 0.3) is 4.65 Å². The van der Waals surface area contributed by atoms with Gasteiger partial charge in [-0.15, -0.1) is 0 Å². The zero-order valence-electron chi connectivity index (χ0n) is 5.17. The second-order valence-corrected chi connectivity index (χ2v) is 2.58. The van der Waals surface area contributed by atoms with Crippen LogP contribution in [-0.4, -0.2) is 14.4 Å². The molecule has 0 radical (unpaired) electrons. The summed E-state index contributed by atoms with van der Waals surface area (Å²) in [4.78, 5) is 0. The van der Waals surface area contributed by atoms with Crippen molar-refractivity contribution >= 4 is 14.4 Å². The van der Waals surface area contributed by atoms with E-state index in [1.807, 2.05) is 0 Å². The van der Waals surface area contributed by atoms with E-state index in [9.17, 15) is 0 Å². The summed E-state index contributed by atoms with van der Waals surface area (Å²) in [6, 6.07) is 0. The Morgan fingerprint density at radius 1 is 1.12 bits per heavy atom. The first kappa shape index (κ1) is 22.5. The first-order valence-electron chi connectivity index (χ1n) is 0.771. The largest absolute Gasteiger partial charge is 1.00 e. The summed E-state index contributed by atoms with van der Waals surface area (Å²) in [5.74, 6) is 0. The molecule has 0 saturated carbocycles. The summed E-state index contributed by atoms with van der Waals surface area (Å²) >= 11 is -5.38. The summed E-state index contributed by atoms with van der Waals surface area (Å²) in [6.45, 7) is 0. The summed E-state index contributed by atoms with van der Waals surface area (Å²) in [7, 11) is 0. The van der Waals surface area contributed by atoms with E-state index in [-0.39, 0.29) is 88.7 Å². The van der Waals surface area contributed by atoms with Crippen LogP contribution in [-0.2, 0) is 3.74 Å². The van der Waals surface area contributed by atoms with Crippen molar-refractivity contribution in [3.8, 4) is 0 Å². The van der Waals surface area contributed by atoms with Gasteiger partial charge in [0.05, 0.1) is 0 Å². The minimum atomic E-state index is -5.38. The van der Waals surface area contributed by atoms with E-state index >= 15 is 0 Å². The minimum Gasteiger partial charge on any atom is 1.00 e. The van der Waals surface area contributed by atoms with Crippen LogP contribution < -0.4 is 96.9 Å². The van der Waals surface area contributed by atoms with Gasteiger partial charge in [0.1, 0.15) is 0 Å². The molecule has 0 saturated heterocycles. The average molecular weight is 207 g/mol. The van der Waals surface area contributed by atoms with Gasteiger partial charge in [-0.2, -0.15) is 0 Å². The van der Waals surface area contributed by atoms with Crippen LogP contribution in [0, 0.1) is 0 Å². The zero-order valence-corrected chi connectivity index (χ0v) is 13.0. The molecule has 0 aliphatic carbocycles.